The molecule has 7 rings (SSSR count). The smallest absolute Gasteiger partial charge is 0.257 e. The van der Waals surface area contributed by atoms with Crippen LogP contribution in [-0.4, -0.2) is 109 Å². The largest absolute Gasteiger partial charge is 0.550 e. The molecular weight excluding hydrogens is 1920 g/mol. The number of nitrogens with one attached hydrogen (secondary N) is 6. The predicted octanol–water partition coefficient (Wildman–Crippen LogP) is 19.0. The van der Waals surface area contributed by atoms with E-state index in [1.54, 1.807) is 0 Å². The first-order valence-corrected chi connectivity index (χ1v) is 42.6. The molecule has 0 spiro atoms. The molecule has 0 aliphatic heterocycles. The number of benzene rings is 7. The number of nitrogens with zero attached hydrogens (tertiary/aromatic N) is 2. The van der Waals surface area contributed by atoms with Crippen LogP contribution >= 0.6 is 0 Å². The van der Waals surface area contributed by atoms with E-state index in [9.17, 15) is 108 Å². The second kappa shape index (κ2) is 55.6. The van der Waals surface area contributed by atoms with E-state index >= 15 is 52.7 Å². The number of carbonyl (C=O) groups is 8. The molecule has 0 aliphatic rings. The van der Waals surface area contributed by atoms with Crippen molar-refractivity contribution in [3.05, 3.63) is 241 Å². The van der Waals surface area contributed by atoms with Crippen LogP contribution in [-0.2, 0) is 48.9 Å². The van der Waals surface area contributed by atoms with Crippen LogP contribution in [0.25, 0.3) is 0 Å². The minimum atomic E-state index is -3.07. The van der Waals surface area contributed by atoms with Crippen LogP contribution in [0.5, 0.6) is 0 Å². The molecule has 7 aromatic carbocycles. The van der Waals surface area contributed by atoms with E-state index in [1.165, 1.54) is 196 Å². The van der Waals surface area contributed by atoms with Gasteiger partial charge in [0, 0.05) is 51.2 Å². The number of quaternary nitrogens is 2. The fourth-order valence-electron chi connectivity index (χ4n) is 14.0. The number of aliphatic carboxylic acids is 2. The lowest BCUT2D eigenvalue weighted by atomic mass is 9.85. The first kappa shape index (κ1) is 120. The Kier molecular flexibility index (Phi) is 48.5. The highest BCUT2D eigenvalue weighted by Gasteiger charge is 2.40. The summed E-state index contributed by atoms with van der Waals surface area (Å²) in [5.74, 6) is -110. The lowest BCUT2D eigenvalue weighted by Crippen LogP contribution is -2.50. The average molecular weight is 2020 g/mol. The van der Waals surface area contributed by atoms with E-state index in [-0.39, 0.29) is 0 Å². The molecule has 0 unspecified atom stereocenters. The zero-order chi connectivity index (χ0) is 105. The maximum Gasteiger partial charge on any atom is 0.257 e. The van der Waals surface area contributed by atoms with E-state index in [4.69, 9.17) is 19.8 Å². The molecule has 0 heterocycles. The molecular formula is C90H96F30N8O10. The first-order valence-electron chi connectivity index (χ1n) is 42.6. The van der Waals surface area contributed by atoms with Crippen molar-refractivity contribution in [2.24, 2.45) is 0 Å². The second-order valence-electron chi connectivity index (χ2n) is 30.9. The topological polar surface area (TPSA) is 255 Å². The summed E-state index contributed by atoms with van der Waals surface area (Å²) in [6.07, 6.45) is 22.1. The molecule has 48 heteroatoms. The van der Waals surface area contributed by atoms with Gasteiger partial charge in [0.1, 0.15) is 33.4 Å². The van der Waals surface area contributed by atoms with Crippen LogP contribution in [0.4, 0.5) is 132 Å². The number of amides is 6. The van der Waals surface area contributed by atoms with Gasteiger partial charge in [-0.25, -0.2) is 132 Å². The molecule has 138 heavy (non-hydrogen) atoms. The fraction of sp³-hybridized carbons (Fsp3) is 0.444. The Bertz CT molecular complexity index is 4500. The van der Waals surface area contributed by atoms with Gasteiger partial charge in [-0.1, -0.05) is 107 Å². The van der Waals surface area contributed by atoms with Gasteiger partial charge >= 0.3 is 0 Å². The number of hydrogen-bond acceptors (Lipinski definition) is 10. The van der Waals surface area contributed by atoms with E-state index < -0.39 is 328 Å². The summed E-state index contributed by atoms with van der Waals surface area (Å²) >= 11 is 0. The Balaban J connectivity index is 0.000000958. The summed E-state index contributed by atoms with van der Waals surface area (Å²) < 4.78 is 445. The standard InChI is InChI=1S/C54H18F30N6O6.2C16H36N.2C2H4O2/c55-19-13(20(56)32(68)43(79)31(19)67)49(91)85-1-7-8(2-86-50(92)14-21(57)33(69)44(80)34(70)22(14)58)10(4-88-52(94)16-25(61)37(73)46(82)38(74)26(16)62)12(6-90-54(96)18-29(65)41(77)48(84)42(78)30(18)66)11(5-89-53(95)17-27(63)39(75)47(83)40(76)28(17)64)9(7)3-87-51(93)15-23(59)35(71)45(81)36(72)24(15)60;2*1-5-9-13-17(14-10-6-2,15-11-7-3)16-12-8-4;2*1-2(3)4/h1-6H2,(H,85,91)(H,86,92)(H,87,93)(H,88,94)(H,89,95)(H,90,96);2*5-16H2,1-4H3;2*1H3,(H,3,4)/q;2*+1;;/p-2. The van der Waals surface area contributed by atoms with Gasteiger partial charge in [0.2, 0.25) is 34.9 Å². The van der Waals surface area contributed by atoms with Crippen molar-refractivity contribution in [3.8, 4) is 0 Å². The van der Waals surface area contributed by atoms with E-state index in [1.807, 2.05) is 0 Å². The molecule has 0 saturated carbocycles. The summed E-state index contributed by atoms with van der Waals surface area (Å²) in [6, 6.07) is 0. The minimum Gasteiger partial charge on any atom is -0.550 e. The lowest BCUT2D eigenvalue weighted by Gasteiger charge is -2.39. The third kappa shape index (κ3) is 30.1. The maximum atomic E-state index is 15.2. The van der Waals surface area contributed by atoms with Crippen LogP contribution in [0.15, 0.2) is 0 Å². The lowest BCUT2D eigenvalue weighted by molar-refractivity contribution is -0.929. The van der Waals surface area contributed by atoms with Gasteiger partial charge in [0.25, 0.3) is 35.4 Å². The predicted molar refractivity (Wildman–Crippen MR) is 431 cm³/mol. The van der Waals surface area contributed by atoms with E-state index in [0.29, 0.717) is 0 Å². The molecule has 0 aliphatic carbocycles. The molecule has 6 N–H and O–H groups in total. The van der Waals surface area contributed by atoms with Crippen molar-refractivity contribution >= 4 is 47.4 Å². The molecule has 0 saturated heterocycles. The van der Waals surface area contributed by atoms with Gasteiger partial charge in [-0.3, -0.25) is 28.8 Å². The third-order valence-corrected chi connectivity index (χ3v) is 21.2. The molecule has 18 nitrogen and oxygen atoms in total. The van der Waals surface area contributed by atoms with Crippen molar-refractivity contribution in [2.45, 2.75) is 211 Å². The number of carboxylic acids is 2. The first-order chi connectivity index (χ1) is 64.6. The summed E-state index contributed by atoms with van der Waals surface area (Å²) in [7, 11) is 0. The Morgan fingerprint density at radius 3 is 0.341 bits per heavy atom. The monoisotopic (exact) mass is 2020 g/mol. The SMILES string of the molecule is CC(=O)[O-].CC(=O)[O-].CCCC[N+](CCCC)(CCCC)CCCC.CCCC[N+](CCCC)(CCCC)CCCC.O=C(NCc1c(CNC(=O)c2c(F)c(F)c(F)c(F)c2F)c(CNC(=O)c2c(F)c(F)c(F)c(F)c2F)c(CNC(=O)c2c(F)c(F)c(F)c(F)c2F)c(CNC(=O)c2c(F)c(F)c(F)c(F)c2F)c1CNC(=O)c1c(F)c(F)c(F)c(F)c1F)c1c(F)c(F)c(F)c(F)c1F. The summed E-state index contributed by atoms with van der Waals surface area (Å²) in [5, 5.41) is 25.6. The van der Waals surface area contributed by atoms with Crippen LogP contribution < -0.4 is 42.1 Å². The van der Waals surface area contributed by atoms with Gasteiger partial charge in [-0.05, 0) is 98.6 Å². The van der Waals surface area contributed by atoms with Crippen LogP contribution in [0, 0.1) is 175 Å². The van der Waals surface area contributed by atoms with Crippen molar-refractivity contribution < 1.29 is 189 Å². The Hall–Kier alpha value is -11.9. The molecule has 766 valence electrons. The normalized spacial score (nSPS) is 11.2. The van der Waals surface area contributed by atoms with Crippen LogP contribution in [0.1, 0.15) is 267 Å². The fourth-order valence-corrected chi connectivity index (χ4v) is 14.0. The number of carboxylic acid groups (broad SMARTS) is 2. The van der Waals surface area contributed by atoms with Gasteiger partial charge in [-0.2, -0.15) is 0 Å². The third-order valence-electron chi connectivity index (χ3n) is 21.2. The zero-order valence-corrected chi connectivity index (χ0v) is 75.5. The summed E-state index contributed by atoms with van der Waals surface area (Å²) in [4.78, 5) is 99.7. The van der Waals surface area contributed by atoms with Crippen molar-refractivity contribution in [1.82, 2.24) is 31.9 Å². The van der Waals surface area contributed by atoms with Gasteiger partial charge in [0.15, 0.2) is 140 Å². The molecule has 0 fully saturated rings. The van der Waals surface area contributed by atoms with Gasteiger partial charge in [0.05, 0.1) is 52.4 Å². The second-order valence-corrected chi connectivity index (χ2v) is 30.9. The van der Waals surface area contributed by atoms with Gasteiger partial charge < -0.3 is 60.7 Å². The molecule has 7 aromatic rings. The summed E-state index contributed by atoms with van der Waals surface area (Å²) in [6.45, 7) is 18.9. The Morgan fingerprint density at radius 1 is 0.181 bits per heavy atom. The molecule has 6 amide bonds. The van der Waals surface area contributed by atoms with E-state index in [0.717, 1.165) is 13.8 Å². The molecule has 0 atom stereocenters. The number of halogens is 30. The highest BCUT2D eigenvalue weighted by atomic mass is 19.2. The molecule has 0 radical (unpaired) electrons. The average Bonchev–Trinajstić information content (AvgIpc) is 0.746. The van der Waals surface area contributed by atoms with Crippen LogP contribution in [0.3, 0.4) is 0 Å². The Morgan fingerprint density at radius 2 is 0.261 bits per heavy atom. The number of unbranched alkanes of at least 4 members (excludes halogenated alkanes) is 8. The van der Waals surface area contributed by atoms with E-state index in [2.05, 4.69) is 55.4 Å². The highest BCUT2D eigenvalue weighted by Crippen LogP contribution is 2.36. The maximum absolute atomic E-state index is 15.2. The number of carbonyl (C=O) groups excluding carboxylic acids is 8. The van der Waals surface area contributed by atoms with Crippen molar-refractivity contribution in [1.29, 1.82) is 0 Å². The number of rotatable bonds is 42. The van der Waals surface area contributed by atoms with Crippen LogP contribution in [0.2, 0.25) is 0 Å². The Labute approximate surface area is 770 Å². The molecule has 0 aromatic heterocycles. The number of hydrogen-bond donors (Lipinski definition) is 6. The molecule has 0 bridgehead atoms. The van der Waals surface area contributed by atoms with Crippen molar-refractivity contribution in [2.75, 3.05) is 52.4 Å². The van der Waals surface area contributed by atoms with Crippen molar-refractivity contribution in [3.63, 3.8) is 0 Å². The quantitative estimate of drug-likeness (QED) is 0.00913. The zero-order valence-electron chi connectivity index (χ0n) is 75.5. The highest BCUT2D eigenvalue weighted by molar-refractivity contribution is 5.98. The minimum absolute atomic E-state index is 0.972. The summed E-state index contributed by atoms with van der Waals surface area (Å²) in [5.41, 5.74) is -25.5. The van der Waals surface area contributed by atoms with Gasteiger partial charge in [-0.15, -0.1) is 0 Å².